The molecule has 7 nitrogen and oxygen atoms in total. The largest absolute Gasteiger partial charge is 0.465 e. The Morgan fingerprint density at radius 3 is 2.59 bits per heavy atom. The third-order valence-electron chi connectivity index (χ3n) is 5.38. The summed E-state index contributed by atoms with van der Waals surface area (Å²) in [6.45, 7) is 0. The van der Waals surface area contributed by atoms with Gasteiger partial charge in [0.05, 0.1) is 18.4 Å². The molecule has 1 saturated carbocycles. The summed E-state index contributed by atoms with van der Waals surface area (Å²) in [5, 5.41) is 1.90. The van der Waals surface area contributed by atoms with E-state index >= 15 is 0 Å². The number of fused-ring (bicyclic) bond motifs is 1. The van der Waals surface area contributed by atoms with Crippen molar-refractivity contribution in [2.24, 2.45) is 21.5 Å². The van der Waals surface area contributed by atoms with Crippen molar-refractivity contribution < 1.29 is 9.53 Å². The van der Waals surface area contributed by atoms with Gasteiger partial charge in [0.15, 0.2) is 0 Å². The number of rotatable bonds is 2. The molecule has 4 rings (SSSR count). The minimum atomic E-state index is -0.624. The van der Waals surface area contributed by atoms with Crippen molar-refractivity contribution >= 4 is 34.3 Å². The van der Waals surface area contributed by atoms with E-state index in [0.717, 1.165) is 42.9 Å². The smallest absolute Gasteiger partial charge is 0.340 e. The molecule has 1 heterocycles. The number of esters is 1. The summed E-state index contributed by atoms with van der Waals surface area (Å²) in [7, 11) is 1.38. The molecule has 0 aromatic heterocycles. The highest BCUT2D eigenvalue weighted by Crippen LogP contribution is 2.43. The zero-order valence-corrected chi connectivity index (χ0v) is 15.3. The molecule has 0 amide bonds. The first-order valence-corrected chi connectivity index (χ1v) is 9.15. The maximum atomic E-state index is 12.6. The molecule has 0 atom stereocenters. The molecule has 1 fully saturated rings. The van der Waals surface area contributed by atoms with Crippen LogP contribution in [0.3, 0.4) is 0 Å². The van der Waals surface area contributed by atoms with Gasteiger partial charge in [-0.2, -0.15) is 4.99 Å². The topological polar surface area (TPSA) is 106 Å². The lowest BCUT2D eigenvalue weighted by Gasteiger charge is -2.46. The number of carbonyl (C=O) groups excluding carboxylic acids is 1. The molecule has 2 aliphatic rings. The number of hydrogen-bond acceptors (Lipinski definition) is 7. The average Bonchev–Trinajstić information content (AvgIpc) is 2.67. The van der Waals surface area contributed by atoms with Gasteiger partial charge in [-0.05, 0) is 37.1 Å². The summed E-state index contributed by atoms with van der Waals surface area (Å²) in [5.41, 5.74) is 12.8. The lowest BCUT2D eigenvalue weighted by atomic mass is 9.86. The number of aliphatic imine (C=N–C) groups is 2. The summed E-state index contributed by atoms with van der Waals surface area (Å²) in [5.74, 6) is 0.0217. The number of ether oxygens (including phenoxy) is 1. The van der Waals surface area contributed by atoms with Crippen LogP contribution in [0.4, 0.5) is 5.69 Å². The fraction of sp³-hybridized carbons (Fsp3) is 0.350. The van der Waals surface area contributed by atoms with E-state index in [1.807, 2.05) is 35.2 Å². The number of nitrogens with zero attached hydrogens (tertiary/aromatic N) is 3. The average molecular weight is 365 g/mol. The molecule has 2 aromatic carbocycles. The van der Waals surface area contributed by atoms with Crippen molar-refractivity contribution in [3.63, 3.8) is 0 Å². The van der Waals surface area contributed by atoms with E-state index in [1.165, 1.54) is 7.11 Å². The predicted molar refractivity (Wildman–Crippen MR) is 107 cm³/mol. The Hall–Kier alpha value is -3.09. The lowest BCUT2D eigenvalue weighted by Crippen LogP contribution is -2.58. The third kappa shape index (κ3) is 2.79. The van der Waals surface area contributed by atoms with Crippen molar-refractivity contribution in [2.45, 2.75) is 37.8 Å². The fourth-order valence-electron chi connectivity index (χ4n) is 4.22. The number of hydrogen-bond donors (Lipinski definition) is 2. The van der Waals surface area contributed by atoms with E-state index in [2.05, 4.69) is 4.99 Å². The summed E-state index contributed by atoms with van der Waals surface area (Å²) >= 11 is 0. The zero-order chi connectivity index (χ0) is 19.0. The van der Waals surface area contributed by atoms with E-state index in [-0.39, 0.29) is 11.9 Å². The van der Waals surface area contributed by atoms with Gasteiger partial charge >= 0.3 is 5.97 Å². The van der Waals surface area contributed by atoms with Crippen LogP contribution in [0.5, 0.6) is 0 Å². The van der Waals surface area contributed by atoms with Gasteiger partial charge in [0.1, 0.15) is 5.66 Å². The minimum absolute atomic E-state index is 0.186. The van der Waals surface area contributed by atoms with Crippen LogP contribution in [0, 0.1) is 0 Å². The first-order chi connectivity index (χ1) is 13.1. The van der Waals surface area contributed by atoms with Crippen LogP contribution in [0.15, 0.2) is 46.4 Å². The van der Waals surface area contributed by atoms with Crippen LogP contribution in [0.25, 0.3) is 10.8 Å². The molecule has 140 valence electrons. The highest BCUT2D eigenvalue weighted by Gasteiger charge is 2.44. The highest BCUT2D eigenvalue weighted by molar-refractivity contribution is 6.15. The molecular formula is C20H23N5O2. The van der Waals surface area contributed by atoms with Gasteiger partial charge in [-0.1, -0.05) is 36.8 Å². The SMILES string of the molecule is COC(=O)c1ccc2ccccc2c1N1C(N)=NC(N)=NC12CCCCC2. The molecule has 1 aliphatic carbocycles. The number of methoxy groups -OCH3 is 1. The number of benzene rings is 2. The second-order valence-corrected chi connectivity index (χ2v) is 6.99. The van der Waals surface area contributed by atoms with Crippen LogP contribution in [0.2, 0.25) is 0 Å². The fourth-order valence-corrected chi connectivity index (χ4v) is 4.22. The van der Waals surface area contributed by atoms with Crippen LogP contribution >= 0.6 is 0 Å². The van der Waals surface area contributed by atoms with E-state index in [9.17, 15) is 4.79 Å². The minimum Gasteiger partial charge on any atom is -0.465 e. The van der Waals surface area contributed by atoms with Crippen molar-refractivity contribution in [3.8, 4) is 0 Å². The second-order valence-electron chi connectivity index (χ2n) is 6.99. The monoisotopic (exact) mass is 365 g/mol. The van der Waals surface area contributed by atoms with Crippen molar-refractivity contribution in [2.75, 3.05) is 12.0 Å². The molecule has 2 aromatic rings. The molecule has 1 aliphatic heterocycles. The summed E-state index contributed by atoms with van der Waals surface area (Å²) in [4.78, 5) is 23.4. The van der Waals surface area contributed by atoms with Gasteiger partial charge in [0, 0.05) is 5.39 Å². The third-order valence-corrected chi connectivity index (χ3v) is 5.38. The van der Waals surface area contributed by atoms with Crippen molar-refractivity contribution in [1.29, 1.82) is 0 Å². The maximum absolute atomic E-state index is 12.6. The Labute approximate surface area is 157 Å². The number of carbonyl (C=O) groups is 1. The predicted octanol–water partition coefficient (Wildman–Crippen LogP) is 2.74. The first kappa shape index (κ1) is 17.3. The van der Waals surface area contributed by atoms with Crippen LogP contribution in [-0.4, -0.2) is 30.7 Å². The van der Waals surface area contributed by atoms with Gasteiger partial charge in [0.2, 0.25) is 11.9 Å². The number of nitrogens with two attached hydrogens (primary N) is 2. The van der Waals surface area contributed by atoms with Gasteiger partial charge < -0.3 is 16.2 Å². The van der Waals surface area contributed by atoms with Gasteiger partial charge in [-0.3, -0.25) is 4.90 Å². The maximum Gasteiger partial charge on any atom is 0.340 e. The highest BCUT2D eigenvalue weighted by atomic mass is 16.5. The Kier molecular flexibility index (Phi) is 4.22. The lowest BCUT2D eigenvalue weighted by molar-refractivity contribution is 0.0601. The Bertz CT molecular complexity index is 960. The standard InChI is InChI=1S/C20H23N5O2/c1-27-17(26)15-10-9-13-7-3-4-8-14(13)16(15)25-19(22)23-18(21)24-20(25)11-5-2-6-12-20/h3-4,7-10H,2,5-6,11-12H2,1H3,(H4,21,22,23,24). The quantitative estimate of drug-likeness (QED) is 0.796. The van der Waals surface area contributed by atoms with Crippen LogP contribution < -0.4 is 16.4 Å². The molecular weight excluding hydrogens is 342 g/mol. The molecule has 0 saturated heterocycles. The zero-order valence-electron chi connectivity index (χ0n) is 15.3. The number of guanidine groups is 2. The summed E-state index contributed by atoms with van der Waals surface area (Å²) < 4.78 is 5.04. The Morgan fingerprint density at radius 2 is 1.85 bits per heavy atom. The first-order valence-electron chi connectivity index (χ1n) is 9.15. The van der Waals surface area contributed by atoms with E-state index in [4.69, 9.17) is 21.2 Å². The van der Waals surface area contributed by atoms with Crippen LogP contribution in [-0.2, 0) is 4.74 Å². The van der Waals surface area contributed by atoms with Gasteiger partial charge in [-0.25, -0.2) is 9.79 Å². The number of anilines is 1. The molecule has 0 unspecified atom stereocenters. The van der Waals surface area contributed by atoms with E-state index in [1.54, 1.807) is 6.07 Å². The molecule has 1 spiro atoms. The van der Waals surface area contributed by atoms with E-state index < -0.39 is 11.6 Å². The Balaban J connectivity index is 2.01. The normalized spacial score (nSPS) is 18.9. The van der Waals surface area contributed by atoms with Gasteiger partial charge in [0.25, 0.3) is 0 Å². The summed E-state index contributed by atoms with van der Waals surface area (Å²) in [6, 6.07) is 11.6. The molecule has 0 bridgehead atoms. The van der Waals surface area contributed by atoms with Gasteiger partial charge in [-0.15, -0.1) is 0 Å². The van der Waals surface area contributed by atoms with Crippen molar-refractivity contribution in [3.05, 3.63) is 42.0 Å². The molecule has 7 heteroatoms. The Morgan fingerprint density at radius 1 is 1.11 bits per heavy atom. The summed E-state index contributed by atoms with van der Waals surface area (Å²) in [6.07, 6.45) is 4.76. The molecule has 0 radical (unpaired) electrons. The molecule has 4 N–H and O–H groups in total. The second kappa shape index (κ2) is 6.57. The van der Waals surface area contributed by atoms with Crippen molar-refractivity contribution in [1.82, 2.24) is 0 Å². The van der Waals surface area contributed by atoms with Crippen LogP contribution in [0.1, 0.15) is 42.5 Å². The molecule has 27 heavy (non-hydrogen) atoms. The van der Waals surface area contributed by atoms with E-state index in [0.29, 0.717) is 11.3 Å².